The van der Waals surface area contributed by atoms with E-state index in [1.807, 2.05) is 24.3 Å². The van der Waals surface area contributed by atoms with Crippen LogP contribution < -0.4 is 4.74 Å². The molecule has 0 aliphatic heterocycles. The zero-order chi connectivity index (χ0) is 13.2. The number of benzene rings is 1. The van der Waals surface area contributed by atoms with Crippen molar-refractivity contribution in [3.8, 4) is 5.75 Å². The molecule has 1 aromatic carbocycles. The number of para-hydroxylation sites is 1. The predicted molar refractivity (Wildman–Crippen MR) is 72.0 cm³/mol. The lowest BCUT2D eigenvalue weighted by Gasteiger charge is -2.10. The number of rotatable bonds is 9. The average Bonchev–Trinajstić information content (AvgIpc) is 2.37. The summed E-state index contributed by atoms with van der Waals surface area (Å²) in [6, 6.07) is 7.69. The number of unbranched alkanes of at least 4 members (excludes halogenated alkanes) is 3. The Hall–Kier alpha value is -1.51. The van der Waals surface area contributed by atoms with Crippen LogP contribution in [-0.2, 0) is 11.2 Å². The molecular formula is C15H22O3. The molecule has 1 aromatic rings. The summed E-state index contributed by atoms with van der Waals surface area (Å²) >= 11 is 0. The van der Waals surface area contributed by atoms with Crippen LogP contribution in [0.5, 0.6) is 5.75 Å². The standard InChI is InChI=1S/C15H22O3/c1-2-3-4-7-12-18-14-9-6-5-8-13(14)10-11-15(16)17/h5-6,8-9H,2-4,7,10-12H2,1H3,(H,16,17). The van der Waals surface area contributed by atoms with Crippen LogP contribution in [0, 0.1) is 0 Å². The van der Waals surface area contributed by atoms with Crippen molar-refractivity contribution in [1.82, 2.24) is 0 Å². The molecule has 3 heteroatoms. The van der Waals surface area contributed by atoms with Gasteiger partial charge in [-0.1, -0.05) is 44.4 Å². The first kappa shape index (κ1) is 14.6. The van der Waals surface area contributed by atoms with Crippen LogP contribution in [-0.4, -0.2) is 17.7 Å². The number of aryl methyl sites for hydroxylation is 1. The second-order valence-electron chi connectivity index (χ2n) is 4.41. The Bertz CT molecular complexity index is 361. The van der Waals surface area contributed by atoms with Crippen molar-refractivity contribution in [2.75, 3.05) is 6.61 Å². The molecule has 1 N–H and O–H groups in total. The molecular weight excluding hydrogens is 228 g/mol. The third kappa shape index (κ3) is 5.71. The van der Waals surface area contributed by atoms with Gasteiger partial charge in [0.1, 0.15) is 5.75 Å². The highest BCUT2D eigenvalue weighted by atomic mass is 16.5. The Morgan fingerprint density at radius 2 is 2.00 bits per heavy atom. The first-order chi connectivity index (χ1) is 8.74. The van der Waals surface area contributed by atoms with Gasteiger partial charge in [-0.05, 0) is 24.5 Å². The maximum atomic E-state index is 10.6. The number of carboxylic acid groups (broad SMARTS) is 1. The van der Waals surface area contributed by atoms with Crippen LogP contribution in [0.2, 0.25) is 0 Å². The summed E-state index contributed by atoms with van der Waals surface area (Å²) < 4.78 is 5.72. The predicted octanol–water partition coefficient (Wildman–Crippen LogP) is 3.66. The van der Waals surface area contributed by atoms with Gasteiger partial charge in [-0.25, -0.2) is 0 Å². The first-order valence-electron chi connectivity index (χ1n) is 6.66. The van der Waals surface area contributed by atoms with E-state index >= 15 is 0 Å². The molecule has 0 saturated carbocycles. The Morgan fingerprint density at radius 1 is 1.22 bits per heavy atom. The molecule has 0 aromatic heterocycles. The van der Waals surface area contributed by atoms with E-state index < -0.39 is 5.97 Å². The Labute approximate surface area is 109 Å². The summed E-state index contributed by atoms with van der Waals surface area (Å²) in [6.45, 7) is 2.89. The number of ether oxygens (including phenoxy) is 1. The van der Waals surface area contributed by atoms with E-state index in [4.69, 9.17) is 9.84 Å². The molecule has 0 heterocycles. The fraction of sp³-hybridized carbons (Fsp3) is 0.533. The molecule has 0 atom stereocenters. The van der Waals surface area contributed by atoms with Gasteiger partial charge in [-0.15, -0.1) is 0 Å². The summed E-state index contributed by atoms with van der Waals surface area (Å²) in [5.41, 5.74) is 0.982. The molecule has 1 rings (SSSR count). The van der Waals surface area contributed by atoms with Gasteiger partial charge in [0.15, 0.2) is 0 Å². The second-order valence-corrected chi connectivity index (χ2v) is 4.41. The number of carbonyl (C=O) groups is 1. The van der Waals surface area contributed by atoms with Gasteiger partial charge in [0.25, 0.3) is 0 Å². The molecule has 0 amide bonds. The molecule has 0 bridgehead atoms. The highest BCUT2D eigenvalue weighted by molar-refractivity contribution is 5.67. The Balaban J connectivity index is 2.41. The molecule has 18 heavy (non-hydrogen) atoms. The number of hydrogen-bond donors (Lipinski definition) is 1. The lowest BCUT2D eigenvalue weighted by molar-refractivity contribution is -0.136. The van der Waals surface area contributed by atoms with E-state index in [2.05, 4.69) is 6.92 Å². The Morgan fingerprint density at radius 3 is 2.72 bits per heavy atom. The maximum Gasteiger partial charge on any atom is 0.303 e. The molecule has 100 valence electrons. The summed E-state index contributed by atoms with van der Waals surface area (Å²) in [7, 11) is 0. The monoisotopic (exact) mass is 250 g/mol. The summed E-state index contributed by atoms with van der Waals surface area (Å²) in [6.07, 6.45) is 5.38. The topological polar surface area (TPSA) is 46.5 Å². The van der Waals surface area contributed by atoms with Crippen molar-refractivity contribution in [3.05, 3.63) is 29.8 Å². The maximum absolute atomic E-state index is 10.6. The number of hydrogen-bond acceptors (Lipinski definition) is 2. The summed E-state index contributed by atoms with van der Waals surface area (Å²) in [5.74, 6) is 0.0583. The molecule has 3 nitrogen and oxygen atoms in total. The highest BCUT2D eigenvalue weighted by Gasteiger charge is 2.05. The molecule has 0 spiro atoms. The second kappa shape index (κ2) is 8.56. The third-order valence-electron chi connectivity index (χ3n) is 2.84. The fourth-order valence-corrected chi connectivity index (χ4v) is 1.80. The molecule has 0 unspecified atom stereocenters. The summed E-state index contributed by atoms with van der Waals surface area (Å²) in [4.78, 5) is 10.6. The van der Waals surface area contributed by atoms with Crippen LogP contribution in [0.15, 0.2) is 24.3 Å². The minimum absolute atomic E-state index is 0.149. The van der Waals surface area contributed by atoms with Crippen molar-refractivity contribution in [2.24, 2.45) is 0 Å². The van der Waals surface area contributed by atoms with Gasteiger partial charge in [0.05, 0.1) is 6.61 Å². The molecule has 0 aliphatic rings. The summed E-state index contributed by atoms with van der Waals surface area (Å²) in [5, 5.41) is 8.70. The van der Waals surface area contributed by atoms with E-state index in [0.717, 1.165) is 17.7 Å². The van der Waals surface area contributed by atoms with Crippen LogP contribution >= 0.6 is 0 Å². The van der Waals surface area contributed by atoms with E-state index in [1.54, 1.807) is 0 Å². The van der Waals surface area contributed by atoms with Crippen molar-refractivity contribution in [1.29, 1.82) is 0 Å². The van der Waals surface area contributed by atoms with E-state index in [0.29, 0.717) is 13.0 Å². The average molecular weight is 250 g/mol. The normalized spacial score (nSPS) is 10.3. The molecule has 0 aliphatic carbocycles. The van der Waals surface area contributed by atoms with Gasteiger partial charge >= 0.3 is 5.97 Å². The van der Waals surface area contributed by atoms with Crippen molar-refractivity contribution < 1.29 is 14.6 Å². The lowest BCUT2D eigenvalue weighted by atomic mass is 10.1. The quantitative estimate of drug-likeness (QED) is 0.680. The molecule has 0 radical (unpaired) electrons. The third-order valence-corrected chi connectivity index (χ3v) is 2.84. The number of aliphatic carboxylic acids is 1. The van der Waals surface area contributed by atoms with Crippen molar-refractivity contribution in [2.45, 2.75) is 45.4 Å². The van der Waals surface area contributed by atoms with Crippen LogP contribution in [0.25, 0.3) is 0 Å². The van der Waals surface area contributed by atoms with Crippen molar-refractivity contribution in [3.63, 3.8) is 0 Å². The van der Waals surface area contributed by atoms with E-state index in [-0.39, 0.29) is 6.42 Å². The van der Waals surface area contributed by atoms with Crippen LogP contribution in [0.3, 0.4) is 0 Å². The van der Waals surface area contributed by atoms with Gasteiger partial charge in [-0.3, -0.25) is 4.79 Å². The minimum Gasteiger partial charge on any atom is -0.493 e. The lowest BCUT2D eigenvalue weighted by Crippen LogP contribution is -2.02. The molecule has 0 saturated heterocycles. The SMILES string of the molecule is CCCCCCOc1ccccc1CCC(=O)O. The van der Waals surface area contributed by atoms with Crippen LogP contribution in [0.1, 0.15) is 44.6 Å². The zero-order valence-electron chi connectivity index (χ0n) is 11.0. The smallest absolute Gasteiger partial charge is 0.303 e. The van der Waals surface area contributed by atoms with E-state index in [9.17, 15) is 4.79 Å². The van der Waals surface area contributed by atoms with Gasteiger partial charge in [0.2, 0.25) is 0 Å². The largest absolute Gasteiger partial charge is 0.493 e. The number of carboxylic acids is 1. The van der Waals surface area contributed by atoms with Crippen LogP contribution in [0.4, 0.5) is 0 Å². The van der Waals surface area contributed by atoms with Crippen molar-refractivity contribution >= 4 is 5.97 Å². The van der Waals surface area contributed by atoms with Gasteiger partial charge in [0, 0.05) is 6.42 Å². The van der Waals surface area contributed by atoms with Gasteiger partial charge in [-0.2, -0.15) is 0 Å². The fourth-order valence-electron chi connectivity index (χ4n) is 1.80. The zero-order valence-corrected chi connectivity index (χ0v) is 11.0. The van der Waals surface area contributed by atoms with Gasteiger partial charge < -0.3 is 9.84 Å². The first-order valence-corrected chi connectivity index (χ1v) is 6.66. The Kier molecular flexibility index (Phi) is 6.92. The minimum atomic E-state index is -0.771. The molecule has 0 fully saturated rings. The van der Waals surface area contributed by atoms with E-state index in [1.165, 1.54) is 19.3 Å². The highest BCUT2D eigenvalue weighted by Crippen LogP contribution is 2.20.